The van der Waals surface area contributed by atoms with Crippen molar-refractivity contribution in [1.82, 2.24) is 14.9 Å². The lowest BCUT2D eigenvalue weighted by Crippen LogP contribution is -2.31. The standard InChI is InChI=1S/C10H18ClN3O2S/c1-10(2,3)4-8(11)5-14-17(15,16)9-6-12-13-7-9/h6-8,14H,4-5H2,1-3H3,(H,12,13). The fourth-order valence-corrected chi connectivity index (χ4v) is 3.02. The minimum Gasteiger partial charge on any atom is -0.284 e. The summed E-state index contributed by atoms with van der Waals surface area (Å²) in [6.07, 6.45) is 3.33. The van der Waals surface area contributed by atoms with Crippen LogP contribution >= 0.6 is 11.6 Å². The number of hydrogen-bond donors (Lipinski definition) is 2. The average molecular weight is 280 g/mol. The summed E-state index contributed by atoms with van der Waals surface area (Å²) in [5, 5.41) is 5.83. The Morgan fingerprint density at radius 3 is 2.65 bits per heavy atom. The molecule has 7 heteroatoms. The van der Waals surface area contributed by atoms with E-state index in [2.05, 4.69) is 35.7 Å². The maximum atomic E-state index is 11.7. The SMILES string of the molecule is CC(C)(C)CC(Cl)CNS(=O)(=O)c1cn[nH]c1. The van der Waals surface area contributed by atoms with Gasteiger partial charge in [-0.05, 0) is 11.8 Å². The number of hydrogen-bond acceptors (Lipinski definition) is 3. The van der Waals surface area contributed by atoms with Gasteiger partial charge in [-0.15, -0.1) is 11.6 Å². The van der Waals surface area contributed by atoms with Crippen LogP contribution in [0.2, 0.25) is 0 Å². The van der Waals surface area contributed by atoms with E-state index >= 15 is 0 Å². The zero-order valence-corrected chi connectivity index (χ0v) is 11.8. The molecule has 0 amide bonds. The van der Waals surface area contributed by atoms with E-state index in [1.165, 1.54) is 12.4 Å². The van der Waals surface area contributed by atoms with E-state index < -0.39 is 10.0 Å². The first-order valence-corrected chi connectivity index (χ1v) is 7.25. The Hall–Kier alpha value is -0.590. The summed E-state index contributed by atoms with van der Waals surface area (Å²) in [6, 6.07) is 0. The third-order valence-corrected chi connectivity index (χ3v) is 3.81. The molecule has 1 rings (SSSR count). The highest BCUT2D eigenvalue weighted by molar-refractivity contribution is 7.89. The summed E-state index contributed by atoms with van der Waals surface area (Å²) >= 11 is 6.08. The topological polar surface area (TPSA) is 74.8 Å². The fourth-order valence-electron chi connectivity index (χ4n) is 1.41. The number of sulfonamides is 1. The van der Waals surface area contributed by atoms with Crippen molar-refractivity contribution in [3.63, 3.8) is 0 Å². The number of H-pyrrole nitrogens is 1. The fraction of sp³-hybridized carbons (Fsp3) is 0.700. The second kappa shape index (κ2) is 5.37. The van der Waals surface area contributed by atoms with Crippen molar-refractivity contribution in [1.29, 1.82) is 0 Å². The lowest BCUT2D eigenvalue weighted by Gasteiger charge is -2.21. The Kier molecular flexibility index (Phi) is 4.57. The third kappa shape index (κ3) is 5.06. The molecule has 0 aliphatic carbocycles. The zero-order chi connectivity index (χ0) is 13.1. The van der Waals surface area contributed by atoms with Gasteiger partial charge in [-0.1, -0.05) is 20.8 Å². The van der Waals surface area contributed by atoms with Crippen molar-refractivity contribution in [2.75, 3.05) is 6.54 Å². The predicted octanol–water partition coefficient (Wildman–Crippen LogP) is 1.73. The van der Waals surface area contributed by atoms with Gasteiger partial charge in [0, 0.05) is 18.1 Å². The van der Waals surface area contributed by atoms with Gasteiger partial charge in [0.15, 0.2) is 0 Å². The Morgan fingerprint density at radius 1 is 1.53 bits per heavy atom. The van der Waals surface area contributed by atoms with E-state index in [0.29, 0.717) is 0 Å². The number of nitrogens with zero attached hydrogens (tertiary/aromatic N) is 1. The highest BCUT2D eigenvalue weighted by Crippen LogP contribution is 2.23. The normalized spacial score (nSPS) is 14.8. The third-order valence-electron chi connectivity index (χ3n) is 2.11. The number of halogens is 1. The van der Waals surface area contributed by atoms with Crippen molar-refractivity contribution in [2.45, 2.75) is 37.5 Å². The second-order valence-corrected chi connectivity index (χ2v) is 7.53. The Bertz CT molecular complexity index is 437. The summed E-state index contributed by atoms with van der Waals surface area (Å²) in [6.45, 7) is 6.40. The van der Waals surface area contributed by atoms with Gasteiger partial charge in [0.2, 0.25) is 10.0 Å². The van der Waals surface area contributed by atoms with E-state index in [-0.39, 0.29) is 22.2 Å². The molecule has 0 saturated heterocycles. The van der Waals surface area contributed by atoms with Crippen molar-refractivity contribution in [3.05, 3.63) is 12.4 Å². The molecule has 0 aromatic carbocycles. The molecule has 1 aromatic rings. The van der Waals surface area contributed by atoms with Gasteiger partial charge >= 0.3 is 0 Å². The molecule has 2 N–H and O–H groups in total. The average Bonchev–Trinajstić information content (AvgIpc) is 2.65. The minimum absolute atomic E-state index is 0.0769. The van der Waals surface area contributed by atoms with Gasteiger partial charge in [0.05, 0.1) is 6.20 Å². The number of aromatic amines is 1. The van der Waals surface area contributed by atoms with Gasteiger partial charge in [-0.25, -0.2) is 13.1 Å². The van der Waals surface area contributed by atoms with E-state index in [1.54, 1.807) is 0 Å². The van der Waals surface area contributed by atoms with Gasteiger partial charge < -0.3 is 0 Å². The monoisotopic (exact) mass is 279 g/mol. The number of alkyl halides is 1. The smallest absolute Gasteiger partial charge is 0.243 e. The minimum atomic E-state index is -3.50. The quantitative estimate of drug-likeness (QED) is 0.806. The molecule has 0 fully saturated rings. The van der Waals surface area contributed by atoms with Gasteiger partial charge in [-0.3, -0.25) is 5.10 Å². The number of nitrogens with one attached hydrogen (secondary N) is 2. The predicted molar refractivity (Wildman–Crippen MR) is 67.5 cm³/mol. The van der Waals surface area contributed by atoms with E-state index in [9.17, 15) is 8.42 Å². The Balaban J connectivity index is 2.51. The first kappa shape index (κ1) is 14.5. The molecule has 98 valence electrons. The molecule has 0 aliphatic rings. The van der Waals surface area contributed by atoms with Crippen LogP contribution in [0.5, 0.6) is 0 Å². The number of rotatable bonds is 5. The summed E-state index contributed by atoms with van der Waals surface area (Å²) < 4.78 is 25.9. The van der Waals surface area contributed by atoms with Crippen LogP contribution in [0.3, 0.4) is 0 Å². The van der Waals surface area contributed by atoms with Crippen LogP contribution < -0.4 is 4.72 Å². The van der Waals surface area contributed by atoms with E-state index in [4.69, 9.17) is 11.6 Å². The molecule has 0 aliphatic heterocycles. The Labute approximate surface area is 107 Å². The van der Waals surface area contributed by atoms with Crippen LogP contribution in [-0.4, -0.2) is 30.5 Å². The molecule has 1 atom stereocenters. The molecule has 1 heterocycles. The first-order valence-electron chi connectivity index (χ1n) is 5.33. The van der Waals surface area contributed by atoms with Gasteiger partial charge in [0.25, 0.3) is 0 Å². The zero-order valence-electron chi connectivity index (χ0n) is 10.2. The van der Waals surface area contributed by atoms with Crippen molar-refractivity contribution < 1.29 is 8.42 Å². The van der Waals surface area contributed by atoms with E-state index in [0.717, 1.165) is 6.42 Å². The largest absolute Gasteiger partial charge is 0.284 e. The van der Waals surface area contributed by atoms with Crippen LogP contribution in [-0.2, 0) is 10.0 Å². The first-order chi connectivity index (χ1) is 7.71. The molecule has 0 radical (unpaired) electrons. The lowest BCUT2D eigenvalue weighted by molar-refractivity contribution is 0.369. The molecule has 0 saturated carbocycles. The second-order valence-electron chi connectivity index (χ2n) is 5.15. The van der Waals surface area contributed by atoms with Gasteiger partial charge in [-0.2, -0.15) is 5.10 Å². The van der Waals surface area contributed by atoms with Crippen molar-refractivity contribution >= 4 is 21.6 Å². The molecular formula is C10H18ClN3O2S. The lowest BCUT2D eigenvalue weighted by atomic mass is 9.90. The molecule has 17 heavy (non-hydrogen) atoms. The maximum absolute atomic E-state index is 11.7. The van der Waals surface area contributed by atoms with Crippen LogP contribution in [0.25, 0.3) is 0 Å². The number of aromatic nitrogens is 2. The summed E-state index contributed by atoms with van der Waals surface area (Å²) in [5.41, 5.74) is 0.0769. The summed E-state index contributed by atoms with van der Waals surface area (Å²) in [5.74, 6) is 0. The van der Waals surface area contributed by atoms with Gasteiger partial charge in [0.1, 0.15) is 4.90 Å². The molecule has 5 nitrogen and oxygen atoms in total. The summed E-state index contributed by atoms with van der Waals surface area (Å²) in [7, 11) is -3.50. The molecule has 1 unspecified atom stereocenters. The van der Waals surface area contributed by atoms with Crippen molar-refractivity contribution in [2.24, 2.45) is 5.41 Å². The van der Waals surface area contributed by atoms with Crippen LogP contribution in [0, 0.1) is 5.41 Å². The van der Waals surface area contributed by atoms with Crippen LogP contribution in [0.1, 0.15) is 27.2 Å². The molecular weight excluding hydrogens is 262 g/mol. The molecule has 0 bridgehead atoms. The molecule has 0 spiro atoms. The van der Waals surface area contributed by atoms with E-state index in [1.807, 2.05) is 0 Å². The van der Waals surface area contributed by atoms with Crippen LogP contribution in [0.4, 0.5) is 0 Å². The van der Waals surface area contributed by atoms with Crippen molar-refractivity contribution in [3.8, 4) is 0 Å². The Morgan fingerprint density at radius 2 is 2.18 bits per heavy atom. The highest BCUT2D eigenvalue weighted by Gasteiger charge is 2.20. The molecule has 1 aromatic heterocycles. The highest BCUT2D eigenvalue weighted by atomic mass is 35.5. The maximum Gasteiger partial charge on any atom is 0.243 e. The summed E-state index contributed by atoms with van der Waals surface area (Å²) in [4.78, 5) is 0.122. The van der Waals surface area contributed by atoms with Crippen LogP contribution in [0.15, 0.2) is 17.3 Å².